The Hall–Kier alpha value is -0.980. The Balaban J connectivity index is 2.42. The van der Waals surface area contributed by atoms with Crippen LogP contribution in [-0.4, -0.2) is 5.60 Å². The summed E-state index contributed by atoms with van der Waals surface area (Å²) >= 11 is 0. The average Bonchev–Trinajstić information content (AvgIpc) is 2.14. The summed E-state index contributed by atoms with van der Waals surface area (Å²) in [6.45, 7) is 8.81. The van der Waals surface area contributed by atoms with Gasteiger partial charge in [0.05, 0.1) is 0 Å². The van der Waals surface area contributed by atoms with Gasteiger partial charge < -0.3 is 4.74 Å². The summed E-state index contributed by atoms with van der Waals surface area (Å²) in [4.78, 5) is 0. The predicted octanol–water partition coefficient (Wildman–Crippen LogP) is 4.44. The Kier molecular flexibility index (Phi) is 2.96. The molecule has 0 fully saturated rings. The number of fused-ring (bicyclic) bond motifs is 1. The lowest BCUT2D eigenvalue weighted by molar-refractivity contribution is 0.0891. The van der Waals surface area contributed by atoms with Crippen LogP contribution in [0.2, 0.25) is 0 Å². The Labute approximate surface area is 98.8 Å². The van der Waals surface area contributed by atoms with Crippen LogP contribution in [0.15, 0.2) is 18.2 Å². The molecule has 88 valence electrons. The van der Waals surface area contributed by atoms with Crippen LogP contribution in [0.3, 0.4) is 0 Å². The van der Waals surface area contributed by atoms with Gasteiger partial charge in [-0.3, -0.25) is 0 Å². The fourth-order valence-corrected chi connectivity index (χ4v) is 2.48. The van der Waals surface area contributed by atoms with Crippen molar-refractivity contribution in [2.75, 3.05) is 0 Å². The van der Waals surface area contributed by atoms with E-state index in [-0.39, 0.29) is 5.60 Å². The highest BCUT2D eigenvalue weighted by Gasteiger charge is 2.25. The molecule has 0 saturated heterocycles. The minimum absolute atomic E-state index is 0.0251. The molecule has 1 aromatic carbocycles. The normalized spacial score (nSPS) is 23.9. The van der Waals surface area contributed by atoms with Gasteiger partial charge in [-0.05, 0) is 63.1 Å². The van der Waals surface area contributed by atoms with E-state index in [1.54, 1.807) is 0 Å². The first-order chi connectivity index (χ1) is 7.48. The molecule has 0 aliphatic carbocycles. The molecule has 1 aliphatic rings. The molecule has 16 heavy (non-hydrogen) atoms. The molecule has 1 aromatic rings. The van der Waals surface area contributed by atoms with E-state index in [1.165, 1.54) is 24.0 Å². The van der Waals surface area contributed by atoms with Crippen molar-refractivity contribution in [1.82, 2.24) is 0 Å². The first kappa shape index (κ1) is 11.5. The van der Waals surface area contributed by atoms with Crippen LogP contribution < -0.4 is 4.74 Å². The third-order valence-corrected chi connectivity index (χ3v) is 3.50. The van der Waals surface area contributed by atoms with Crippen molar-refractivity contribution in [3.05, 3.63) is 29.3 Å². The molecule has 1 atom stereocenters. The van der Waals surface area contributed by atoms with Crippen molar-refractivity contribution in [3.8, 4) is 5.75 Å². The molecule has 0 amide bonds. The number of aryl methyl sites for hydroxylation is 1. The van der Waals surface area contributed by atoms with Gasteiger partial charge in [0, 0.05) is 0 Å². The second kappa shape index (κ2) is 4.12. The summed E-state index contributed by atoms with van der Waals surface area (Å²) in [6.07, 6.45) is 3.66. The third kappa shape index (κ3) is 2.40. The van der Waals surface area contributed by atoms with Crippen LogP contribution in [0.5, 0.6) is 5.75 Å². The van der Waals surface area contributed by atoms with Crippen LogP contribution in [0, 0.1) is 6.92 Å². The van der Waals surface area contributed by atoms with Gasteiger partial charge in [0.25, 0.3) is 0 Å². The monoisotopic (exact) mass is 218 g/mol. The molecule has 0 bridgehead atoms. The van der Waals surface area contributed by atoms with Crippen LogP contribution in [-0.2, 0) is 0 Å². The molecule has 0 saturated carbocycles. The van der Waals surface area contributed by atoms with Gasteiger partial charge >= 0.3 is 0 Å². The SMILES string of the molecule is Cc1ccc2c(c1)OC(C)(C)CCC[C@H]2C. The predicted molar refractivity (Wildman–Crippen MR) is 68.2 cm³/mol. The Morgan fingerprint density at radius 1 is 1.31 bits per heavy atom. The molecule has 0 spiro atoms. The van der Waals surface area contributed by atoms with Crippen molar-refractivity contribution in [2.45, 2.75) is 58.5 Å². The van der Waals surface area contributed by atoms with E-state index in [2.05, 4.69) is 45.9 Å². The van der Waals surface area contributed by atoms with Crippen molar-refractivity contribution < 1.29 is 4.74 Å². The van der Waals surface area contributed by atoms with Crippen molar-refractivity contribution >= 4 is 0 Å². The molecule has 1 nitrogen and oxygen atoms in total. The van der Waals surface area contributed by atoms with E-state index in [4.69, 9.17) is 4.74 Å². The lowest BCUT2D eigenvalue weighted by Gasteiger charge is -2.32. The average molecular weight is 218 g/mol. The van der Waals surface area contributed by atoms with Gasteiger partial charge in [0.2, 0.25) is 0 Å². The smallest absolute Gasteiger partial charge is 0.123 e. The largest absolute Gasteiger partial charge is 0.488 e. The maximum atomic E-state index is 6.18. The maximum Gasteiger partial charge on any atom is 0.123 e. The summed E-state index contributed by atoms with van der Waals surface area (Å²) in [6, 6.07) is 6.60. The molecule has 2 rings (SSSR count). The molecular formula is C15H22O. The van der Waals surface area contributed by atoms with Gasteiger partial charge in [-0.25, -0.2) is 0 Å². The zero-order valence-corrected chi connectivity index (χ0v) is 10.8. The highest BCUT2D eigenvalue weighted by atomic mass is 16.5. The summed E-state index contributed by atoms with van der Waals surface area (Å²) < 4.78 is 6.18. The van der Waals surface area contributed by atoms with E-state index in [0.29, 0.717) is 5.92 Å². The Morgan fingerprint density at radius 2 is 2.06 bits per heavy atom. The minimum atomic E-state index is -0.0251. The second-order valence-corrected chi connectivity index (χ2v) is 5.70. The summed E-state index contributed by atoms with van der Waals surface area (Å²) in [5.74, 6) is 1.71. The fourth-order valence-electron chi connectivity index (χ4n) is 2.48. The standard InChI is InChI=1S/C15H22O/c1-11-7-8-13-12(2)6-5-9-15(3,4)16-14(13)10-11/h7-8,10,12H,5-6,9H2,1-4H3/t12-/m1/s1. The summed E-state index contributed by atoms with van der Waals surface area (Å²) in [5, 5.41) is 0. The third-order valence-electron chi connectivity index (χ3n) is 3.50. The lowest BCUT2D eigenvalue weighted by atomic mass is 9.89. The van der Waals surface area contributed by atoms with E-state index >= 15 is 0 Å². The van der Waals surface area contributed by atoms with Gasteiger partial charge in [0.15, 0.2) is 0 Å². The van der Waals surface area contributed by atoms with Crippen LogP contribution >= 0.6 is 0 Å². The topological polar surface area (TPSA) is 9.23 Å². The maximum absolute atomic E-state index is 6.18. The molecule has 1 heterocycles. The number of benzene rings is 1. The van der Waals surface area contributed by atoms with Crippen LogP contribution in [0.25, 0.3) is 0 Å². The lowest BCUT2D eigenvalue weighted by Crippen LogP contribution is -2.30. The highest BCUT2D eigenvalue weighted by Crippen LogP contribution is 2.37. The molecule has 0 radical (unpaired) electrons. The highest BCUT2D eigenvalue weighted by molar-refractivity contribution is 5.40. The van der Waals surface area contributed by atoms with E-state index in [1.807, 2.05) is 0 Å². The Bertz CT molecular complexity index is 379. The second-order valence-electron chi connectivity index (χ2n) is 5.70. The van der Waals surface area contributed by atoms with Crippen molar-refractivity contribution in [1.29, 1.82) is 0 Å². The van der Waals surface area contributed by atoms with E-state index < -0.39 is 0 Å². The van der Waals surface area contributed by atoms with Gasteiger partial charge in [-0.15, -0.1) is 0 Å². The number of hydrogen-bond acceptors (Lipinski definition) is 1. The number of ether oxygens (including phenoxy) is 1. The molecule has 1 aliphatic heterocycles. The molecule has 0 unspecified atom stereocenters. The summed E-state index contributed by atoms with van der Waals surface area (Å²) in [5.41, 5.74) is 2.63. The molecule has 0 aromatic heterocycles. The first-order valence-corrected chi connectivity index (χ1v) is 6.27. The van der Waals surface area contributed by atoms with Gasteiger partial charge in [0.1, 0.15) is 11.4 Å². The number of rotatable bonds is 0. The molecule has 0 N–H and O–H groups in total. The fraction of sp³-hybridized carbons (Fsp3) is 0.600. The summed E-state index contributed by atoms with van der Waals surface area (Å²) in [7, 11) is 0. The van der Waals surface area contributed by atoms with Gasteiger partial charge in [-0.2, -0.15) is 0 Å². The van der Waals surface area contributed by atoms with Gasteiger partial charge in [-0.1, -0.05) is 19.1 Å². The van der Waals surface area contributed by atoms with Crippen LogP contribution in [0.1, 0.15) is 57.1 Å². The van der Waals surface area contributed by atoms with Crippen molar-refractivity contribution in [3.63, 3.8) is 0 Å². The zero-order valence-electron chi connectivity index (χ0n) is 10.8. The first-order valence-electron chi connectivity index (χ1n) is 6.27. The van der Waals surface area contributed by atoms with E-state index in [0.717, 1.165) is 12.2 Å². The molecular weight excluding hydrogens is 196 g/mol. The van der Waals surface area contributed by atoms with Crippen LogP contribution in [0.4, 0.5) is 0 Å². The quantitative estimate of drug-likeness (QED) is 0.625. The Morgan fingerprint density at radius 3 is 2.81 bits per heavy atom. The van der Waals surface area contributed by atoms with E-state index in [9.17, 15) is 0 Å². The molecule has 1 heteroatoms. The van der Waals surface area contributed by atoms with Crippen molar-refractivity contribution in [2.24, 2.45) is 0 Å². The zero-order chi connectivity index (χ0) is 11.8. The minimum Gasteiger partial charge on any atom is -0.488 e. The number of hydrogen-bond donors (Lipinski definition) is 0.